The fraction of sp³-hybridized carbons (Fsp3) is 0.0769. The Morgan fingerprint density at radius 2 is 2.00 bits per heavy atom. The van der Waals surface area contributed by atoms with Crippen molar-refractivity contribution in [3.05, 3.63) is 52.7 Å². The predicted octanol–water partition coefficient (Wildman–Crippen LogP) is 2.00. The van der Waals surface area contributed by atoms with Crippen molar-refractivity contribution in [3.8, 4) is 5.88 Å². The molecule has 0 fully saturated rings. The number of rotatable bonds is 4. The molecule has 0 unspecified atom stereocenters. The van der Waals surface area contributed by atoms with Gasteiger partial charge >= 0.3 is 0 Å². The Morgan fingerprint density at radius 1 is 1.26 bits per heavy atom. The van der Waals surface area contributed by atoms with E-state index in [4.69, 9.17) is 27.8 Å². The summed E-state index contributed by atoms with van der Waals surface area (Å²) in [7, 11) is 0. The van der Waals surface area contributed by atoms with E-state index in [1.54, 1.807) is 6.07 Å². The van der Waals surface area contributed by atoms with Crippen LogP contribution < -0.4 is 16.2 Å². The molecular weight excluding hydrogens is 266 g/mol. The molecule has 0 aliphatic heterocycles. The Morgan fingerprint density at radius 3 is 2.68 bits per heavy atom. The summed E-state index contributed by atoms with van der Waals surface area (Å²) >= 11 is 6.01. The Kier molecular flexibility index (Phi) is 3.87. The van der Waals surface area contributed by atoms with Gasteiger partial charge in [0.2, 0.25) is 5.88 Å². The monoisotopic (exact) mass is 277 g/mol. The second-order valence-corrected chi connectivity index (χ2v) is 4.24. The van der Waals surface area contributed by atoms with E-state index in [-0.39, 0.29) is 18.2 Å². The first kappa shape index (κ1) is 13.2. The van der Waals surface area contributed by atoms with Crippen molar-refractivity contribution in [1.82, 2.24) is 4.98 Å². The van der Waals surface area contributed by atoms with Crippen LogP contribution in [0.5, 0.6) is 5.88 Å². The fourth-order valence-corrected chi connectivity index (χ4v) is 1.66. The third-order valence-electron chi connectivity index (χ3n) is 2.46. The number of carbonyl (C=O) groups is 1. The Bertz CT molecular complexity index is 617. The summed E-state index contributed by atoms with van der Waals surface area (Å²) in [5, 5.41) is 0.590. The molecule has 0 spiro atoms. The van der Waals surface area contributed by atoms with Crippen molar-refractivity contribution in [2.45, 2.75) is 6.61 Å². The summed E-state index contributed by atoms with van der Waals surface area (Å²) in [5.41, 5.74) is 12.1. The minimum absolute atomic E-state index is 0.100. The summed E-state index contributed by atoms with van der Waals surface area (Å²) in [6.45, 7) is 0.207. The number of halogens is 1. The summed E-state index contributed by atoms with van der Waals surface area (Å²) in [6.07, 6.45) is 0. The van der Waals surface area contributed by atoms with Gasteiger partial charge in [0.1, 0.15) is 12.3 Å². The molecule has 2 rings (SSSR count). The number of benzene rings is 1. The molecule has 4 N–H and O–H groups in total. The van der Waals surface area contributed by atoms with Crippen LogP contribution >= 0.6 is 11.6 Å². The van der Waals surface area contributed by atoms with E-state index in [9.17, 15) is 4.79 Å². The van der Waals surface area contributed by atoms with E-state index in [1.165, 1.54) is 12.1 Å². The van der Waals surface area contributed by atoms with E-state index in [0.29, 0.717) is 10.7 Å². The van der Waals surface area contributed by atoms with Gasteiger partial charge in [-0.15, -0.1) is 0 Å². The molecule has 0 bridgehead atoms. The molecule has 1 amide bonds. The normalized spacial score (nSPS) is 10.2. The largest absolute Gasteiger partial charge is 0.471 e. The van der Waals surface area contributed by atoms with Gasteiger partial charge in [-0.3, -0.25) is 4.79 Å². The van der Waals surface area contributed by atoms with E-state index in [1.807, 2.05) is 18.2 Å². The first-order valence-corrected chi connectivity index (χ1v) is 5.88. The van der Waals surface area contributed by atoms with Gasteiger partial charge < -0.3 is 16.2 Å². The third-order valence-corrected chi connectivity index (χ3v) is 2.83. The maximum absolute atomic E-state index is 11.0. The predicted molar refractivity (Wildman–Crippen MR) is 73.0 cm³/mol. The number of hydrogen-bond donors (Lipinski definition) is 2. The molecule has 0 radical (unpaired) electrons. The van der Waals surface area contributed by atoms with E-state index >= 15 is 0 Å². The minimum Gasteiger partial charge on any atom is -0.471 e. The number of ether oxygens (including phenoxy) is 1. The lowest BCUT2D eigenvalue weighted by atomic mass is 10.2. The zero-order valence-corrected chi connectivity index (χ0v) is 10.7. The molecule has 1 heterocycles. The Hall–Kier alpha value is -2.27. The number of pyridine rings is 1. The molecule has 0 saturated carbocycles. The van der Waals surface area contributed by atoms with Gasteiger partial charge in [0.25, 0.3) is 5.91 Å². The first-order chi connectivity index (χ1) is 9.08. The van der Waals surface area contributed by atoms with Crippen LogP contribution in [-0.2, 0) is 6.61 Å². The number of nitrogens with zero attached hydrogens (tertiary/aromatic N) is 1. The van der Waals surface area contributed by atoms with Crippen LogP contribution in [0.1, 0.15) is 16.1 Å². The van der Waals surface area contributed by atoms with Crippen molar-refractivity contribution in [2.24, 2.45) is 5.73 Å². The highest BCUT2D eigenvalue weighted by Crippen LogP contribution is 2.22. The molecule has 0 aliphatic carbocycles. The number of aromatic nitrogens is 1. The van der Waals surface area contributed by atoms with Crippen LogP contribution in [0.4, 0.5) is 5.69 Å². The van der Waals surface area contributed by atoms with E-state index in [2.05, 4.69) is 4.98 Å². The average Bonchev–Trinajstić information content (AvgIpc) is 2.39. The summed E-state index contributed by atoms with van der Waals surface area (Å²) in [4.78, 5) is 15.0. The number of anilines is 1. The molecule has 6 heteroatoms. The topological polar surface area (TPSA) is 91.2 Å². The van der Waals surface area contributed by atoms with Crippen LogP contribution in [0, 0.1) is 0 Å². The highest BCUT2D eigenvalue weighted by Gasteiger charge is 2.09. The highest BCUT2D eigenvalue weighted by atomic mass is 35.5. The second kappa shape index (κ2) is 5.58. The molecular formula is C13H12ClN3O2. The summed E-state index contributed by atoms with van der Waals surface area (Å²) in [5.74, 6) is -0.473. The molecule has 1 aromatic carbocycles. The van der Waals surface area contributed by atoms with Gasteiger partial charge in [0.15, 0.2) is 0 Å². The molecule has 5 nitrogen and oxygen atoms in total. The SMILES string of the molecule is NC(=O)c1ccc(N)c(OCc2ccccc2Cl)n1. The maximum Gasteiger partial charge on any atom is 0.267 e. The van der Waals surface area contributed by atoms with Crippen LogP contribution in [0.15, 0.2) is 36.4 Å². The Labute approximate surface area is 115 Å². The molecule has 0 saturated heterocycles. The lowest BCUT2D eigenvalue weighted by molar-refractivity contribution is 0.0994. The summed E-state index contributed by atoms with van der Waals surface area (Å²) < 4.78 is 5.47. The quantitative estimate of drug-likeness (QED) is 0.894. The van der Waals surface area contributed by atoms with Gasteiger partial charge in [0.05, 0.1) is 5.69 Å². The number of hydrogen-bond acceptors (Lipinski definition) is 4. The van der Waals surface area contributed by atoms with Crippen LogP contribution in [-0.4, -0.2) is 10.9 Å². The standard InChI is InChI=1S/C13H12ClN3O2/c14-9-4-2-1-3-8(9)7-19-13-10(15)5-6-11(17-13)12(16)18/h1-6H,7,15H2,(H2,16,18). The zero-order chi connectivity index (χ0) is 13.8. The van der Waals surface area contributed by atoms with Gasteiger partial charge in [-0.1, -0.05) is 29.8 Å². The summed E-state index contributed by atoms with van der Waals surface area (Å²) in [6, 6.07) is 10.2. The number of nitrogens with two attached hydrogens (primary N) is 2. The van der Waals surface area contributed by atoms with Crippen molar-refractivity contribution in [3.63, 3.8) is 0 Å². The van der Waals surface area contributed by atoms with Crippen LogP contribution in [0.2, 0.25) is 5.02 Å². The molecule has 0 aliphatic rings. The second-order valence-electron chi connectivity index (χ2n) is 3.84. The lowest BCUT2D eigenvalue weighted by Gasteiger charge is -2.09. The number of nitrogen functional groups attached to an aromatic ring is 1. The van der Waals surface area contributed by atoms with E-state index < -0.39 is 5.91 Å². The maximum atomic E-state index is 11.0. The number of primary amides is 1. The van der Waals surface area contributed by atoms with Gasteiger partial charge in [0, 0.05) is 10.6 Å². The van der Waals surface area contributed by atoms with Gasteiger partial charge in [-0.05, 0) is 18.2 Å². The number of carbonyl (C=O) groups excluding carboxylic acids is 1. The van der Waals surface area contributed by atoms with Gasteiger partial charge in [-0.2, -0.15) is 0 Å². The molecule has 2 aromatic rings. The van der Waals surface area contributed by atoms with Crippen molar-refractivity contribution in [2.75, 3.05) is 5.73 Å². The van der Waals surface area contributed by atoms with Crippen molar-refractivity contribution in [1.29, 1.82) is 0 Å². The lowest BCUT2D eigenvalue weighted by Crippen LogP contribution is -2.14. The highest BCUT2D eigenvalue weighted by molar-refractivity contribution is 6.31. The van der Waals surface area contributed by atoms with Crippen molar-refractivity contribution < 1.29 is 9.53 Å². The number of amides is 1. The average molecular weight is 278 g/mol. The first-order valence-electron chi connectivity index (χ1n) is 5.50. The molecule has 98 valence electrons. The zero-order valence-electron chi connectivity index (χ0n) is 9.97. The van der Waals surface area contributed by atoms with Crippen LogP contribution in [0.3, 0.4) is 0 Å². The van der Waals surface area contributed by atoms with Gasteiger partial charge in [-0.25, -0.2) is 4.98 Å². The molecule has 0 atom stereocenters. The minimum atomic E-state index is -0.636. The fourth-order valence-electron chi connectivity index (χ4n) is 1.47. The van der Waals surface area contributed by atoms with E-state index in [0.717, 1.165) is 5.56 Å². The Balaban J connectivity index is 2.17. The van der Waals surface area contributed by atoms with Crippen molar-refractivity contribution >= 4 is 23.2 Å². The van der Waals surface area contributed by atoms with Crippen LogP contribution in [0.25, 0.3) is 0 Å². The molecule has 1 aromatic heterocycles. The smallest absolute Gasteiger partial charge is 0.267 e. The third kappa shape index (κ3) is 3.14. The molecule has 19 heavy (non-hydrogen) atoms.